The standard InChI is InChI=1S/C16H24N2O2/c1-12(2)20-11-14-4-6-15(7-5-14)16(19)18-9-8-17-10-13(18)3/h4-7,12-13,17H,8-11H2,1-3H3/t13-/m0/s1. The second-order valence-corrected chi connectivity index (χ2v) is 5.61. The van der Waals surface area contributed by atoms with Gasteiger partial charge in [0, 0.05) is 31.2 Å². The Kier molecular flexibility index (Phi) is 5.15. The topological polar surface area (TPSA) is 41.6 Å². The highest BCUT2D eigenvalue weighted by Crippen LogP contribution is 2.12. The Hall–Kier alpha value is -1.39. The third-order valence-electron chi connectivity index (χ3n) is 3.55. The smallest absolute Gasteiger partial charge is 0.254 e. The average molecular weight is 276 g/mol. The maximum absolute atomic E-state index is 12.5. The van der Waals surface area contributed by atoms with Gasteiger partial charge in [0.2, 0.25) is 0 Å². The molecule has 1 aromatic rings. The Balaban J connectivity index is 2.00. The fraction of sp³-hybridized carbons (Fsp3) is 0.562. The number of piperazine rings is 1. The lowest BCUT2D eigenvalue weighted by Crippen LogP contribution is -2.52. The average Bonchev–Trinajstić information content (AvgIpc) is 2.45. The summed E-state index contributed by atoms with van der Waals surface area (Å²) in [6.07, 6.45) is 0.220. The lowest BCUT2D eigenvalue weighted by molar-refractivity contribution is 0.0644. The molecule has 1 aliphatic heterocycles. The van der Waals surface area contributed by atoms with E-state index in [1.165, 1.54) is 0 Å². The summed E-state index contributed by atoms with van der Waals surface area (Å²) in [5, 5.41) is 3.30. The van der Waals surface area contributed by atoms with Crippen LogP contribution in [-0.4, -0.2) is 42.6 Å². The van der Waals surface area contributed by atoms with Gasteiger partial charge in [-0.1, -0.05) is 12.1 Å². The van der Waals surface area contributed by atoms with Crippen molar-refractivity contribution in [2.45, 2.75) is 39.5 Å². The van der Waals surface area contributed by atoms with E-state index in [0.29, 0.717) is 6.61 Å². The monoisotopic (exact) mass is 276 g/mol. The summed E-state index contributed by atoms with van der Waals surface area (Å²) in [5.41, 5.74) is 1.86. The maximum Gasteiger partial charge on any atom is 0.254 e. The highest BCUT2D eigenvalue weighted by Gasteiger charge is 2.23. The normalized spacial score (nSPS) is 19.4. The van der Waals surface area contributed by atoms with Crippen molar-refractivity contribution in [1.82, 2.24) is 10.2 Å². The first-order valence-corrected chi connectivity index (χ1v) is 7.30. The number of hydrogen-bond donors (Lipinski definition) is 1. The van der Waals surface area contributed by atoms with Crippen molar-refractivity contribution in [1.29, 1.82) is 0 Å². The van der Waals surface area contributed by atoms with E-state index in [-0.39, 0.29) is 18.1 Å². The van der Waals surface area contributed by atoms with Crippen LogP contribution in [0.3, 0.4) is 0 Å². The molecule has 0 spiro atoms. The van der Waals surface area contributed by atoms with Crippen LogP contribution in [0.1, 0.15) is 36.7 Å². The van der Waals surface area contributed by atoms with Crippen molar-refractivity contribution < 1.29 is 9.53 Å². The van der Waals surface area contributed by atoms with Crippen LogP contribution < -0.4 is 5.32 Å². The molecule has 4 nitrogen and oxygen atoms in total. The van der Waals surface area contributed by atoms with Crippen molar-refractivity contribution in [2.75, 3.05) is 19.6 Å². The quantitative estimate of drug-likeness (QED) is 0.915. The van der Waals surface area contributed by atoms with E-state index in [2.05, 4.69) is 12.2 Å². The van der Waals surface area contributed by atoms with Crippen molar-refractivity contribution >= 4 is 5.91 Å². The second kappa shape index (κ2) is 6.86. The number of carbonyl (C=O) groups excluding carboxylic acids is 1. The van der Waals surface area contributed by atoms with Gasteiger partial charge in [-0.25, -0.2) is 0 Å². The molecule has 0 aromatic heterocycles. The molecule has 0 unspecified atom stereocenters. The van der Waals surface area contributed by atoms with Crippen molar-refractivity contribution in [3.63, 3.8) is 0 Å². The number of ether oxygens (including phenoxy) is 1. The molecule has 1 aliphatic rings. The predicted octanol–water partition coefficient (Wildman–Crippen LogP) is 2.05. The molecule has 1 N–H and O–H groups in total. The number of nitrogens with zero attached hydrogens (tertiary/aromatic N) is 1. The molecule has 20 heavy (non-hydrogen) atoms. The molecule has 0 aliphatic carbocycles. The Labute approximate surface area is 121 Å². The van der Waals surface area contributed by atoms with Gasteiger partial charge < -0.3 is 15.0 Å². The van der Waals surface area contributed by atoms with Crippen molar-refractivity contribution in [3.05, 3.63) is 35.4 Å². The van der Waals surface area contributed by atoms with Crippen LogP contribution in [0, 0.1) is 0 Å². The summed E-state index contributed by atoms with van der Waals surface area (Å²) in [5.74, 6) is 0.121. The SMILES string of the molecule is CC(C)OCc1ccc(C(=O)N2CCNC[C@@H]2C)cc1. The van der Waals surface area contributed by atoms with Crippen LogP contribution in [0.25, 0.3) is 0 Å². The van der Waals surface area contributed by atoms with Crippen LogP contribution in [-0.2, 0) is 11.3 Å². The third-order valence-corrected chi connectivity index (χ3v) is 3.55. The lowest BCUT2D eigenvalue weighted by Gasteiger charge is -2.34. The molecule has 4 heteroatoms. The second-order valence-electron chi connectivity index (χ2n) is 5.61. The van der Waals surface area contributed by atoms with Crippen LogP contribution >= 0.6 is 0 Å². The molecule has 2 rings (SSSR count). The van der Waals surface area contributed by atoms with E-state index >= 15 is 0 Å². The third kappa shape index (κ3) is 3.81. The Bertz CT molecular complexity index is 442. The number of nitrogens with one attached hydrogen (secondary N) is 1. The summed E-state index contributed by atoms with van der Waals surface area (Å²) in [6.45, 7) is 9.22. The molecule has 1 atom stereocenters. The summed E-state index contributed by atoms with van der Waals surface area (Å²) in [4.78, 5) is 14.4. The number of hydrogen-bond acceptors (Lipinski definition) is 3. The molecule has 1 heterocycles. The predicted molar refractivity (Wildman–Crippen MR) is 79.7 cm³/mol. The van der Waals surface area contributed by atoms with Gasteiger partial charge in [-0.15, -0.1) is 0 Å². The zero-order valence-electron chi connectivity index (χ0n) is 12.6. The Morgan fingerprint density at radius 3 is 2.70 bits per heavy atom. The zero-order valence-corrected chi connectivity index (χ0v) is 12.6. The van der Waals surface area contributed by atoms with Crippen LogP contribution in [0.4, 0.5) is 0 Å². The molecule has 1 saturated heterocycles. The van der Waals surface area contributed by atoms with E-state index in [9.17, 15) is 4.79 Å². The van der Waals surface area contributed by atoms with Gasteiger partial charge in [-0.2, -0.15) is 0 Å². The van der Waals surface area contributed by atoms with E-state index in [1.54, 1.807) is 0 Å². The fourth-order valence-corrected chi connectivity index (χ4v) is 2.32. The lowest BCUT2D eigenvalue weighted by atomic mass is 10.1. The molecule has 0 radical (unpaired) electrons. The molecule has 110 valence electrons. The maximum atomic E-state index is 12.5. The first kappa shape index (κ1) is 15.0. The molecule has 1 amide bonds. The van der Waals surface area contributed by atoms with Gasteiger partial charge >= 0.3 is 0 Å². The van der Waals surface area contributed by atoms with Gasteiger partial charge in [0.15, 0.2) is 0 Å². The number of rotatable bonds is 4. The highest BCUT2D eigenvalue weighted by atomic mass is 16.5. The molecule has 0 saturated carbocycles. The number of amides is 1. The van der Waals surface area contributed by atoms with E-state index in [0.717, 1.165) is 30.8 Å². The van der Waals surface area contributed by atoms with E-state index < -0.39 is 0 Å². The number of benzene rings is 1. The Morgan fingerprint density at radius 1 is 1.40 bits per heavy atom. The first-order valence-electron chi connectivity index (χ1n) is 7.30. The summed E-state index contributed by atoms with van der Waals surface area (Å²) < 4.78 is 5.56. The molecular formula is C16H24N2O2. The molecular weight excluding hydrogens is 252 g/mol. The minimum atomic E-state index is 0.121. The largest absolute Gasteiger partial charge is 0.374 e. The van der Waals surface area contributed by atoms with Crippen molar-refractivity contribution in [2.24, 2.45) is 0 Å². The summed E-state index contributed by atoms with van der Waals surface area (Å²) in [7, 11) is 0. The minimum absolute atomic E-state index is 0.121. The van der Waals surface area contributed by atoms with Crippen molar-refractivity contribution in [3.8, 4) is 0 Å². The first-order chi connectivity index (χ1) is 9.58. The zero-order chi connectivity index (χ0) is 14.5. The van der Waals surface area contributed by atoms with Crippen LogP contribution in [0.2, 0.25) is 0 Å². The van der Waals surface area contributed by atoms with E-state index in [4.69, 9.17) is 4.74 Å². The van der Waals surface area contributed by atoms with Crippen LogP contribution in [0.15, 0.2) is 24.3 Å². The highest BCUT2D eigenvalue weighted by molar-refractivity contribution is 5.94. The van der Waals surface area contributed by atoms with Crippen LogP contribution in [0.5, 0.6) is 0 Å². The molecule has 0 bridgehead atoms. The van der Waals surface area contributed by atoms with Gasteiger partial charge in [0.05, 0.1) is 12.7 Å². The van der Waals surface area contributed by atoms with Gasteiger partial charge in [-0.05, 0) is 38.5 Å². The summed E-state index contributed by atoms with van der Waals surface area (Å²) >= 11 is 0. The van der Waals surface area contributed by atoms with Gasteiger partial charge in [0.1, 0.15) is 0 Å². The van der Waals surface area contributed by atoms with Gasteiger partial charge in [-0.3, -0.25) is 4.79 Å². The fourth-order valence-electron chi connectivity index (χ4n) is 2.32. The molecule has 1 fully saturated rings. The minimum Gasteiger partial charge on any atom is -0.374 e. The molecule has 1 aromatic carbocycles. The van der Waals surface area contributed by atoms with E-state index in [1.807, 2.05) is 43.0 Å². The van der Waals surface area contributed by atoms with Gasteiger partial charge in [0.25, 0.3) is 5.91 Å². The Morgan fingerprint density at radius 2 is 2.10 bits per heavy atom. The summed E-state index contributed by atoms with van der Waals surface area (Å²) in [6, 6.07) is 8.00. The number of carbonyl (C=O) groups is 1.